The van der Waals surface area contributed by atoms with Gasteiger partial charge in [0.2, 0.25) is 0 Å². The van der Waals surface area contributed by atoms with E-state index in [0.29, 0.717) is 11.7 Å². The molecule has 0 radical (unpaired) electrons. The molecule has 2 rings (SSSR count). The van der Waals surface area contributed by atoms with Crippen molar-refractivity contribution in [2.75, 3.05) is 0 Å². The molecule has 0 amide bonds. The van der Waals surface area contributed by atoms with Crippen molar-refractivity contribution in [2.45, 2.75) is 39.0 Å². The minimum atomic E-state index is 0.279. The van der Waals surface area contributed by atoms with E-state index < -0.39 is 0 Å². The van der Waals surface area contributed by atoms with Crippen LogP contribution in [0.1, 0.15) is 38.2 Å². The Hall–Kier alpha value is -1.11. The number of rotatable bonds is 3. The topological polar surface area (TPSA) is 17.1 Å². The van der Waals surface area contributed by atoms with Crippen molar-refractivity contribution in [1.82, 2.24) is 0 Å². The van der Waals surface area contributed by atoms with Crippen LogP contribution in [0, 0.1) is 11.8 Å². The van der Waals surface area contributed by atoms with E-state index in [9.17, 15) is 4.79 Å². The van der Waals surface area contributed by atoms with Crippen LogP contribution in [0.25, 0.3) is 0 Å². The summed E-state index contributed by atoms with van der Waals surface area (Å²) in [6.07, 6.45) is 5.22. The number of benzene rings is 1. The third kappa shape index (κ3) is 2.52. The zero-order valence-electron chi connectivity index (χ0n) is 9.99. The third-order valence-electron chi connectivity index (χ3n) is 3.80. The van der Waals surface area contributed by atoms with Gasteiger partial charge in [0, 0.05) is 12.3 Å². The second kappa shape index (κ2) is 5.29. The lowest BCUT2D eigenvalue weighted by molar-refractivity contribution is -0.126. The molecule has 0 heterocycles. The van der Waals surface area contributed by atoms with Crippen molar-refractivity contribution in [3.8, 4) is 0 Å². The van der Waals surface area contributed by atoms with E-state index in [0.717, 1.165) is 25.7 Å². The van der Waals surface area contributed by atoms with Gasteiger partial charge in [0.15, 0.2) is 0 Å². The summed E-state index contributed by atoms with van der Waals surface area (Å²) >= 11 is 0. The van der Waals surface area contributed by atoms with E-state index in [2.05, 4.69) is 31.2 Å². The van der Waals surface area contributed by atoms with Crippen molar-refractivity contribution in [3.63, 3.8) is 0 Å². The minimum absolute atomic E-state index is 0.279. The highest BCUT2D eigenvalue weighted by Crippen LogP contribution is 2.32. The van der Waals surface area contributed by atoms with Crippen molar-refractivity contribution in [2.24, 2.45) is 11.8 Å². The lowest BCUT2D eigenvalue weighted by Crippen LogP contribution is -2.29. The molecule has 0 unspecified atom stereocenters. The van der Waals surface area contributed by atoms with Crippen molar-refractivity contribution < 1.29 is 4.79 Å². The second-order valence-corrected chi connectivity index (χ2v) is 4.82. The van der Waals surface area contributed by atoms with Crippen LogP contribution in [0.5, 0.6) is 0 Å². The van der Waals surface area contributed by atoms with Gasteiger partial charge < -0.3 is 0 Å². The number of carbonyl (C=O) groups is 1. The Morgan fingerprint density at radius 3 is 2.69 bits per heavy atom. The average Bonchev–Trinajstić information content (AvgIpc) is 2.33. The maximum absolute atomic E-state index is 12.0. The van der Waals surface area contributed by atoms with Gasteiger partial charge in [0.1, 0.15) is 5.78 Å². The van der Waals surface area contributed by atoms with Gasteiger partial charge in [-0.2, -0.15) is 0 Å². The summed E-state index contributed by atoms with van der Waals surface area (Å²) in [6.45, 7) is 2.21. The molecular weight excluding hydrogens is 196 g/mol. The van der Waals surface area contributed by atoms with Crippen LogP contribution in [0.2, 0.25) is 0 Å². The maximum Gasteiger partial charge on any atom is 0.136 e. The predicted molar refractivity (Wildman–Crippen MR) is 66.3 cm³/mol. The third-order valence-corrected chi connectivity index (χ3v) is 3.80. The monoisotopic (exact) mass is 216 g/mol. The molecule has 0 aliphatic heterocycles. The Balaban J connectivity index is 2.08. The molecule has 1 heteroatoms. The molecule has 1 aliphatic carbocycles. The summed E-state index contributed by atoms with van der Waals surface area (Å²) in [5.41, 5.74) is 1.31. The number of ketones is 1. The van der Waals surface area contributed by atoms with E-state index in [1.807, 2.05) is 6.07 Å². The van der Waals surface area contributed by atoms with Gasteiger partial charge in [-0.15, -0.1) is 0 Å². The fourth-order valence-electron chi connectivity index (χ4n) is 2.83. The smallest absolute Gasteiger partial charge is 0.136 e. The van der Waals surface area contributed by atoms with E-state index in [4.69, 9.17) is 0 Å². The van der Waals surface area contributed by atoms with Crippen LogP contribution in [-0.2, 0) is 11.2 Å². The van der Waals surface area contributed by atoms with Crippen LogP contribution < -0.4 is 0 Å². The highest BCUT2D eigenvalue weighted by Gasteiger charge is 2.30. The van der Waals surface area contributed by atoms with Gasteiger partial charge in [-0.05, 0) is 30.7 Å². The molecule has 0 spiro atoms. The molecule has 1 aromatic rings. The van der Waals surface area contributed by atoms with Gasteiger partial charge >= 0.3 is 0 Å². The standard InChI is InChI=1S/C15H20O/c1-2-13-9-6-10-15(16)14(13)11-12-7-4-3-5-8-12/h3-5,7-8,13-14H,2,6,9-11H2,1H3/t13-,14-/m0/s1. The molecule has 86 valence electrons. The van der Waals surface area contributed by atoms with Crippen molar-refractivity contribution in [1.29, 1.82) is 0 Å². The summed E-state index contributed by atoms with van der Waals surface area (Å²) in [7, 11) is 0. The number of hydrogen-bond donors (Lipinski definition) is 0. The van der Waals surface area contributed by atoms with Crippen molar-refractivity contribution >= 4 is 5.78 Å². The minimum Gasteiger partial charge on any atom is -0.299 e. The quantitative estimate of drug-likeness (QED) is 0.754. The van der Waals surface area contributed by atoms with Gasteiger partial charge in [0.05, 0.1) is 0 Å². The molecule has 0 saturated heterocycles. The first kappa shape index (κ1) is 11.4. The van der Waals surface area contributed by atoms with E-state index >= 15 is 0 Å². The predicted octanol–water partition coefficient (Wildman–Crippen LogP) is 3.62. The maximum atomic E-state index is 12.0. The summed E-state index contributed by atoms with van der Waals surface area (Å²) in [5, 5.41) is 0. The molecule has 0 bridgehead atoms. The summed E-state index contributed by atoms with van der Waals surface area (Å²) in [6, 6.07) is 10.4. The lowest BCUT2D eigenvalue weighted by atomic mass is 9.74. The fraction of sp³-hybridized carbons (Fsp3) is 0.533. The second-order valence-electron chi connectivity index (χ2n) is 4.82. The molecule has 1 aliphatic rings. The number of hydrogen-bond acceptors (Lipinski definition) is 1. The highest BCUT2D eigenvalue weighted by atomic mass is 16.1. The first-order chi connectivity index (χ1) is 7.81. The molecule has 1 aromatic carbocycles. The summed E-state index contributed by atoms with van der Waals surface area (Å²) in [5.74, 6) is 1.38. The van der Waals surface area contributed by atoms with Crippen LogP contribution in [0.4, 0.5) is 0 Å². The SMILES string of the molecule is CC[C@H]1CCCC(=O)[C@H]1Cc1ccccc1. The van der Waals surface area contributed by atoms with Crippen LogP contribution in [0.15, 0.2) is 30.3 Å². The lowest BCUT2D eigenvalue weighted by Gasteiger charge is -2.29. The van der Waals surface area contributed by atoms with E-state index in [1.165, 1.54) is 12.0 Å². The molecular formula is C15H20O. The zero-order chi connectivity index (χ0) is 11.4. The Labute approximate surface area is 97.9 Å². The molecule has 1 saturated carbocycles. The largest absolute Gasteiger partial charge is 0.299 e. The molecule has 16 heavy (non-hydrogen) atoms. The summed E-state index contributed by atoms with van der Waals surface area (Å²) in [4.78, 5) is 12.0. The average molecular weight is 216 g/mol. The van der Waals surface area contributed by atoms with Gasteiger partial charge in [-0.1, -0.05) is 43.7 Å². The Bertz CT molecular complexity index is 342. The summed E-state index contributed by atoms with van der Waals surface area (Å²) < 4.78 is 0. The van der Waals surface area contributed by atoms with Gasteiger partial charge in [-0.3, -0.25) is 4.79 Å². The van der Waals surface area contributed by atoms with Crippen LogP contribution in [0.3, 0.4) is 0 Å². The van der Waals surface area contributed by atoms with Crippen LogP contribution in [-0.4, -0.2) is 5.78 Å². The fourth-order valence-corrected chi connectivity index (χ4v) is 2.83. The highest BCUT2D eigenvalue weighted by molar-refractivity contribution is 5.82. The van der Waals surface area contributed by atoms with Gasteiger partial charge in [-0.25, -0.2) is 0 Å². The molecule has 0 aromatic heterocycles. The zero-order valence-corrected chi connectivity index (χ0v) is 9.99. The Morgan fingerprint density at radius 2 is 2.00 bits per heavy atom. The Kier molecular flexibility index (Phi) is 3.76. The normalized spacial score (nSPS) is 25.7. The van der Waals surface area contributed by atoms with E-state index in [-0.39, 0.29) is 5.92 Å². The Morgan fingerprint density at radius 1 is 1.25 bits per heavy atom. The van der Waals surface area contributed by atoms with Crippen molar-refractivity contribution in [3.05, 3.63) is 35.9 Å². The molecule has 0 N–H and O–H groups in total. The molecule has 2 atom stereocenters. The number of Topliss-reactive ketones (excluding diaryl/α,β-unsaturated/α-hetero) is 1. The number of carbonyl (C=O) groups excluding carboxylic acids is 1. The first-order valence-electron chi connectivity index (χ1n) is 6.38. The molecule has 1 fully saturated rings. The molecule has 1 nitrogen and oxygen atoms in total. The van der Waals surface area contributed by atoms with E-state index in [1.54, 1.807) is 0 Å². The van der Waals surface area contributed by atoms with Crippen LogP contribution >= 0.6 is 0 Å². The first-order valence-corrected chi connectivity index (χ1v) is 6.38. The van der Waals surface area contributed by atoms with Gasteiger partial charge in [0.25, 0.3) is 0 Å².